The number of rotatable bonds is 10. The molecule has 3 aromatic rings. The molecule has 1 heterocycles. The Hall–Kier alpha value is -2.96. The topological polar surface area (TPSA) is 72.6 Å². The molecule has 1 N–H and O–H groups in total. The molecular weight excluding hydrogens is 440 g/mol. The summed E-state index contributed by atoms with van der Waals surface area (Å²) < 4.78 is 12.0. The molecule has 1 saturated carbocycles. The molecule has 1 aliphatic rings. The van der Waals surface area contributed by atoms with E-state index in [4.69, 9.17) is 9.15 Å². The van der Waals surface area contributed by atoms with Crippen LogP contribution < -0.4 is 0 Å². The number of aromatic nitrogens is 1. The average Bonchev–Trinajstić information content (AvgIpc) is 3.33. The fourth-order valence-corrected chi connectivity index (χ4v) is 5.10. The molecule has 6 nitrogen and oxygen atoms in total. The Balaban J connectivity index is 1.41. The van der Waals surface area contributed by atoms with Gasteiger partial charge in [0.05, 0.1) is 26.9 Å². The van der Waals surface area contributed by atoms with Crippen molar-refractivity contribution in [2.75, 3.05) is 27.2 Å². The van der Waals surface area contributed by atoms with Crippen molar-refractivity contribution in [2.45, 2.75) is 50.7 Å². The molecule has 186 valence electrons. The van der Waals surface area contributed by atoms with Gasteiger partial charge in [-0.15, -0.1) is 0 Å². The first kappa shape index (κ1) is 25.1. The van der Waals surface area contributed by atoms with Crippen LogP contribution in [0.1, 0.15) is 54.9 Å². The van der Waals surface area contributed by atoms with Crippen LogP contribution in [-0.2, 0) is 28.1 Å². The third-order valence-electron chi connectivity index (χ3n) is 6.93. The predicted molar refractivity (Wildman–Crippen MR) is 134 cm³/mol. The highest BCUT2D eigenvalue weighted by Gasteiger charge is 2.44. The van der Waals surface area contributed by atoms with Crippen LogP contribution in [0.3, 0.4) is 0 Å². The molecule has 4 rings (SSSR count). The van der Waals surface area contributed by atoms with Crippen molar-refractivity contribution < 1.29 is 23.5 Å². The number of quaternary nitrogens is 1. The van der Waals surface area contributed by atoms with E-state index in [1.54, 1.807) is 6.20 Å². The lowest BCUT2D eigenvalue weighted by Crippen LogP contribution is -2.43. The van der Waals surface area contributed by atoms with Crippen LogP contribution >= 0.6 is 0 Å². The van der Waals surface area contributed by atoms with Crippen molar-refractivity contribution in [1.82, 2.24) is 4.98 Å². The molecule has 0 unspecified atom stereocenters. The third-order valence-corrected chi connectivity index (χ3v) is 6.93. The minimum atomic E-state index is -1.26. The van der Waals surface area contributed by atoms with E-state index in [-0.39, 0.29) is 18.4 Å². The Labute approximate surface area is 208 Å². The summed E-state index contributed by atoms with van der Waals surface area (Å²) in [5, 5.41) is 12.0. The van der Waals surface area contributed by atoms with E-state index in [9.17, 15) is 9.90 Å². The lowest BCUT2D eigenvalue weighted by atomic mass is 9.73. The Morgan fingerprint density at radius 3 is 2.40 bits per heavy atom. The zero-order valence-electron chi connectivity index (χ0n) is 20.9. The van der Waals surface area contributed by atoms with Crippen LogP contribution in [0.4, 0.5) is 0 Å². The van der Waals surface area contributed by atoms with Gasteiger partial charge in [0, 0.05) is 12.3 Å². The van der Waals surface area contributed by atoms with Crippen molar-refractivity contribution in [3.05, 3.63) is 89.6 Å². The molecule has 1 atom stereocenters. The number of hydrogen-bond donors (Lipinski definition) is 1. The Morgan fingerprint density at radius 1 is 1.06 bits per heavy atom. The maximum Gasteiger partial charge on any atom is 0.361 e. The molecule has 6 heteroatoms. The smallest absolute Gasteiger partial charge is 0.361 e. The fraction of sp³-hybridized carbons (Fsp3) is 0.448. The summed E-state index contributed by atoms with van der Waals surface area (Å²) in [6.07, 6.45) is 7.68. The van der Waals surface area contributed by atoms with Crippen LogP contribution in [0.5, 0.6) is 0 Å². The minimum absolute atomic E-state index is 0.0623. The van der Waals surface area contributed by atoms with Gasteiger partial charge >= 0.3 is 5.97 Å². The highest BCUT2D eigenvalue weighted by atomic mass is 16.5. The number of aliphatic hydroxyl groups is 1. The summed E-state index contributed by atoms with van der Waals surface area (Å²) in [7, 11) is 3.93. The Morgan fingerprint density at radius 2 is 1.71 bits per heavy atom. The second-order valence-corrected chi connectivity index (χ2v) is 10.3. The number of benzene rings is 2. The number of carbonyl (C=O) groups excluding carboxylic acids is 1. The van der Waals surface area contributed by atoms with Crippen molar-refractivity contribution in [3.8, 4) is 0 Å². The summed E-state index contributed by atoms with van der Waals surface area (Å²) in [6.45, 7) is 1.05. The SMILES string of the molecule is C[N+](C)(CC(=O)OCCc1ccccc1)Cc1cnc([C@](O)(c2ccccc2)C2CCCCC2)o1. The summed E-state index contributed by atoms with van der Waals surface area (Å²) in [6, 6.07) is 19.7. The van der Waals surface area contributed by atoms with E-state index in [0.717, 1.165) is 36.8 Å². The van der Waals surface area contributed by atoms with Gasteiger partial charge in [0.1, 0.15) is 6.54 Å². The van der Waals surface area contributed by atoms with Crippen molar-refractivity contribution >= 4 is 5.97 Å². The second kappa shape index (κ2) is 11.2. The van der Waals surface area contributed by atoms with E-state index in [1.165, 1.54) is 6.42 Å². The molecular formula is C29H37N2O4+. The van der Waals surface area contributed by atoms with Crippen molar-refractivity contribution in [1.29, 1.82) is 0 Å². The molecule has 0 aliphatic heterocycles. The molecule has 0 spiro atoms. The van der Waals surface area contributed by atoms with Crippen LogP contribution in [-0.4, -0.2) is 47.8 Å². The van der Waals surface area contributed by atoms with Gasteiger partial charge in [0.2, 0.25) is 5.89 Å². The minimum Gasteiger partial charge on any atom is -0.461 e. The van der Waals surface area contributed by atoms with E-state index >= 15 is 0 Å². The van der Waals surface area contributed by atoms with Crippen LogP contribution in [0.2, 0.25) is 0 Å². The fourth-order valence-electron chi connectivity index (χ4n) is 5.10. The molecule has 1 aliphatic carbocycles. The standard InChI is InChI=1S/C29H37N2O4/c1-31(2,22-27(32)34-19-18-23-12-6-3-7-13-23)21-26-20-30-28(35-26)29(33,24-14-8-4-9-15-24)25-16-10-5-11-17-25/h3-4,6-9,12-15,20,25,33H,5,10-11,16-19,21-22H2,1-2H3/q+1/t29-/m0/s1. The zero-order chi connectivity index (χ0) is 24.7. The molecule has 1 fully saturated rings. The highest BCUT2D eigenvalue weighted by molar-refractivity contribution is 5.70. The van der Waals surface area contributed by atoms with Crippen LogP contribution in [0, 0.1) is 5.92 Å². The molecule has 0 bridgehead atoms. The van der Waals surface area contributed by atoms with Crippen LogP contribution in [0.25, 0.3) is 0 Å². The molecule has 1 aromatic heterocycles. The van der Waals surface area contributed by atoms with Crippen molar-refractivity contribution in [3.63, 3.8) is 0 Å². The summed E-state index contributed by atoms with van der Waals surface area (Å²) >= 11 is 0. The molecule has 2 aromatic carbocycles. The van der Waals surface area contributed by atoms with E-state index in [2.05, 4.69) is 4.98 Å². The van der Waals surface area contributed by atoms with Gasteiger partial charge in [-0.05, 0) is 24.0 Å². The van der Waals surface area contributed by atoms with Gasteiger partial charge in [-0.3, -0.25) is 0 Å². The van der Waals surface area contributed by atoms with E-state index in [1.807, 2.05) is 74.8 Å². The molecule has 0 amide bonds. The van der Waals surface area contributed by atoms with Gasteiger partial charge in [0.15, 0.2) is 17.9 Å². The quantitative estimate of drug-likeness (QED) is 0.334. The molecule has 0 radical (unpaired) electrons. The number of carbonyl (C=O) groups is 1. The highest BCUT2D eigenvalue weighted by Crippen LogP contribution is 2.43. The van der Waals surface area contributed by atoms with Crippen molar-refractivity contribution in [2.24, 2.45) is 5.92 Å². The number of oxazole rings is 1. The van der Waals surface area contributed by atoms with Crippen LogP contribution in [0.15, 0.2) is 71.3 Å². The monoisotopic (exact) mass is 477 g/mol. The van der Waals surface area contributed by atoms with Gasteiger partial charge in [-0.1, -0.05) is 79.9 Å². The summed E-state index contributed by atoms with van der Waals surface area (Å²) in [5.41, 5.74) is 0.705. The summed E-state index contributed by atoms with van der Waals surface area (Å²) in [4.78, 5) is 17.0. The van der Waals surface area contributed by atoms with Gasteiger partial charge < -0.3 is 18.7 Å². The number of hydrogen-bond acceptors (Lipinski definition) is 5. The Bertz CT molecular complexity index is 1070. The number of likely N-dealkylation sites (N-methyl/N-ethyl adjacent to an activating group) is 1. The van der Waals surface area contributed by atoms with Gasteiger partial charge in [-0.2, -0.15) is 0 Å². The largest absolute Gasteiger partial charge is 0.461 e. The average molecular weight is 478 g/mol. The Kier molecular flexibility index (Phi) is 8.04. The maximum atomic E-state index is 12.5. The third kappa shape index (κ3) is 6.38. The van der Waals surface area contributed by atoms with Gasteiger partial charge in [-0.25, -0.2) is 9.78 Å². The van der Waals surface area contributed by atoms with Gasteiger partial charge in [0.25, 0.3) is 0 Å². The van der Waals surface area contributed by atoms with E-state index in [0.29, 0.717) is 35.7 Å². The number of nitrogens with zero attached hydrogens (tertiary/aromatic N) is 2. The second-order valence-electron chi connectivity index (χ2n) is 10.3. The maximum absolute atomic E-state index is 12.5. The normalized spacial score (nSPS) is 16.5. The predicted octanol–water partition coefficient (Wildman–Crippen LogP) is 4.85. The lowest BCUT2D eigenvalue weighted by Gasteiger charge is -2.36. The first-order valence-corrected chi connectivity index (χ1v) is 12.6. The summed E-state index contributed by atoms with van der Waals surface area (Å²) in [5.74, 6) is 0.809. The molecule has 35 heavy (non-hydrogen) atoms. The first-order valence-electron chi connectivity index (χ1n) is 12.6. The molecule has 0 saturated heterocycles. The zero-order valence-corrected chi connectivity index (χ0v) is 20.9. The number of esters is 1. The van der Waals surface area contributed by atoms with E-state index < -0.39 is 5.60 Å². The first-order chi connectivity index (χ1) is 16.9. The number of ether oxygens (including phenoxy) is 1. The lowest BCUT2D eigenvalue weighted by molar-refractivity contribution is -0.897.